The third-order valence-corrected chi connectivity index (χ3v) is 4.67. The minimum absolute atomic E-state index is 0.357. The van der Waals surface area contributed by atoms with E-state index >= 15 is 0 Å². The number of carbonyl (C=O) groups excluding carboxylic acids is 2. The summed E-state index contributed by atoms with van der Waals surface area (Å²) in [4.78, 5) is 24.8. The summed E-state index contributed by atoms with van der Waals surface area (Å²) >= 11 is 0. The molecule has 0 aliphatic carbocycles. The molecule has 0 heterocycles. The van der Waals surface area contributed by atoms with E-state index < -0.39 is 41.8 Å². The number of nitrogens with one attached hydrogen (secondary N) is 1. The van der Waals surface area contributed by atoms with Crippen LogP contribution in [0.1, 0.15) is 22.6 Å². The molecule has 0 saturated carbocycles. The summed E-state index contributed by atoms with van der Waals surface area (Å²) in [5.41, 5.74) is 6.81. The number of rotatable bonds is 7. The molecule has 0 spiro atoms. The lowest BCUT2D eigenvalue weighted by molar-refractivity contribution is -0.127. The molecule has 0 saturated heterocycles. The Balaban J connectivity index is 1.92. The number of halogens is 2. The van der Waals surface area contributed by atoms with Crippen LogP contribution < -0.4 is 11.1 Å². The second kappa shape index (κ2) is 9.10. The summed E-state index contributed by atoms with van der Waals surface area (Å²) in [5, 5.41) is 2.57. The van der Waals surface area contributed by atoms with Crippen LogP contribution in [0.2, 0.25) is 0 Å². The van der Waals surface area contributed by atoms with E-state index in [0.717, 1.165) is 23.3 Å². The number of primary amides is 1. The SMILES string of the molecule is NC(=O)[C@H](NC(=O)Cc1c(F)cccc1F)C(c1ccccc1)c1ccccc1. The maximum Gasteiger partial charge on any atom is 0.240 e. The van der Waals surface area contributed by atoms with Crippen LogP contribution in [0.25, 0.3) is 0 Å². The highest BCUT2D eigenvalue weighted by Gasteiger charge is 2.31. The minimum Gasteiger partial charge on any atom is -0.368 e. The quantitative estimate of drug-likeness (QED) is 0.645. The van der Waals surface area contributed by atoms with Gasteiger partial charge < -0.3 is 11.1 Å². The Labute approximate surface area is 167 Å². The van der Waals surface area contributed by atoms with Crippen molar-refractivity contribution in [3.8, 4) is 0 Å². The third-order valence-electron chi connectivity index (χ3n) is 4.67. The van der Waals surface area contributed by atoms with Crippen molar-refractivity contribution in [3.63, 3.8) is 0 Å². The van der Waals surface area contributed by atoms with E-state index in [1.54, 1.807) is 0 Å². The molecule has 29 heavy (non-hydrogen) atoms. The van der Waals surface area contributed by atoms with Crippen LogP contribution in [0, 0.1) is 11.6 Å². The summed E-state index contributed by atoms with van der Waals surface area (Å²) < 4.78 is 27.8. The van der Waals surface area contributed by atoms with Gasteiger partial charge in [-0.1, -0.05) is 66.7 Å². The van der Waals surface area contributed by atoms with Gasteiger partial charge in [-0.05, 0) is 23.3 Å². The molecule has 6 heteroatoms. The molecule has 2 amide bonds. The number of carbonyl (C=O) groups is 2. The fraction of sp³-hybridized carbons (Fsp3) is 0.130. The summed E-state index contributed by atoms with van der Waals surface area (Å²) in [6, 6.07) is 20.6. The molecular weight excluding hydrogens is 374 g/mol. The molecule has 0 fully saturated rings. The average molecular weight is 394 g/mol. The van der Waals surface area contributed by atoms with E-state index in [2.05, 4.69) is 5.32 Å². The van der Waals surface area contributed by atoms with Crippen LogP contribution in [0.3, 0.4) is 0 Å². The molecule has 3 N–H and O–H groups in total. The van der Waals surface area contributed by atoms with Crippen LogP contribution in [-0.4, -0.2) is 17.9 Å². The van der Waals surface area contributed by atoms with Gasteiger partial charge in [0.15, 0.2) is 0 Å². The number of hydrogen-bond donors (Lipinski definition) is 2. The monoisotopic (exact) mass is 394 g/mol. The van der Waals surface area contributed by atoms with Crippen molar-refractivity contribution in [2.75, 3.05) is 0 Å². The van der Waals surface area contributed by atoms with Crippen LogP contribution in [0.5, 0.6) is 0 Å². The Morgan fingerprint density at radius 1 is 0.793 bits per heavy atom. The van der Waals surface area contributed by atoms with E-state index in [4.69, 9.17) is 5.73 Å². The summed E-state index contributed by atoms with van der Waals surface area (Å²) in [6.07, 6.45) is -0.543. The molecule has 0 aliphatic heterocycles. The van der Waals surface area contributed by atoms with Gasteiger partial charge in [-0.25, -0.2) is 8.78 Å². The molecule has 0 aromatic heterocycles. The Hall–Kier alpha value is -3.54. The number of amides is 2. The fourth-order valence-corrected chi connectivity index (χ4v) is 3.30. The lowest BCUT2D eigenvalue weighted by Crippen LogP contribution is -2.49. The zero-order valence-electron chi connectivity index (χ0n) is 15.5. The topological polar surface area (TPSA) is 72.2 Å². The second-order valence-corrected chi connectivity index (χ2v) is 6.62. The molecule has 0 aliphatic rings. The van der Waals surface area contributed by atoms with Crippen LogP contribution >= 0.6 is 0 Å². The molecule has 1 atom stereocenters. The van der Waals surface area contributed by atoms with Crippen molar-refractivity contribution in [2.45, 2.75) is 18.4 Å². The number of nitrogens with two attached hydrogens (primary N) is 1. The van der Waals surface area contributed by atoms with Gasteiger partial charge in [0, 0.05) is 11.5 Å². The minimum atomic E-state index is -1.10. The molecule has 0 radical (unpaired) electrons. The van der Waals surface area contributed by atoms with Gasteiger partial charge in [0.25, 0.3) is 0 Å². The highest BCUT2D eigenvalue weighted by Crippen LogP contribution is 2.28. The molecule has 3 aromatic rings. The van der Waals surface area contributed by atoms with Crippen molar-refractivity contribution in [1.82, 2.24) is 5.32 Å². The van der Waals surface area contributed by atoms with Crippen molar-refractivity contribution in [2.24, 2.45) is 5.73 Å². The Kier molecular flexibility index (Phi) is 6.34. The molecular formula is C23H20F2N2O2. The average Bonchev–Trinajstić information content (AvgIpc) is 2.72. The van der Waals surface area contributed by atoms with Crippen molar-refractivity contribution >= 4 is 11.8 Å². The predicted molar refractivity (Wildman–Crippen MR) is 106 cm³/mol. The third kappa shape index (κ3) is 4.85. The van der Waals surface area contributed by atoms with E-state index in [-0.39, 0.29) is 5.56 Å². The first-order valence-corrected chi connectivity index (χ1v) is 9.09. The summed E-state index contributed by atoms with van der Waals surface area (Å²) in [7, 11) is 0. The van der Waals surface area contributed by atoms with Crippen LogP contribution in [0.15, 0.2) is 78.9 Å². The molecule has 3 aromatic carbocycles. The predicted octanol–water partition coefficient (Wildman–Crippen LogP) is 3.31. The second-order valence-electron chi connectivity index (χ2n) is 6.62. The first-order chi connectivity index (χ1) is 14.0. The molecule has 3 rings (SSSR count). The number of hydrogen-bond acceptors (Lipinski definition) is 2. The van der Waals surface area contributed by atoms with Crippen LogP contribution in [-0.2, 0) is 16.0 Å². The van der Waals surface area contributed by atoms with E-state index in [9.17, 15) is 18.4 Å². The summed E-state index contributed by atoms with van der Waals surface area (Å²) in [5.74, 6) is -3.64. The zero-order chi connectivity index (χ0) is 20.8. The van der Waals surface area contributed by atoms with Crippen LogP contribution in [0.4, 0.5) is 8.78 Å². The van der Waals surface area contributed by atoms with Gasteiger partial charge in [0.2, 0.25) is 11.8 Å². The molecule has 148 valence electrons. The molecule has 0 bridgehead atoms. The number of benzene rings is 3. The smallest absolute Gasteiger partial charge is 0.240 e. The zero-order valence-corrected chi connectivity index (χ0v) is 15.5. The highest BCUT2D eigenvalue weighted by molar-refractivity contribution is 5.89. The Morgan fingerprint density at radius 2 is 1.28 bits per heavy atom. The lowest BCUT2D eigenvalue weighted by atomic mass is 9.84. The molecule has 4 nitrogen and oxygen atoms in total. The maximum absolute atomic E-state index is 13.9. The van der Waals surface area contributed by atoms with Crippen molar-refractivity contribution in [3.05, 3.63) is 107 Å². The van der Waals surface area contributed by atoms with Gasteiger partial charge in [-0.3, -0.25) is 9.59 Å². The Morgan fingerprint density at radius 3 is 1.72 bits per heavy atom. The summed E-state index contributed by atoms with van der Waals surface area (Å²) in [6.45, 7) is 0. The molecule has 0 unspecified atom stereocenters. The standard InChI is InChI=1S/C23H20F2N2O2/c24-18-12-7-13-19(25)17(18)14-20(28)27-22(23(26)29)21(15-8-3-1-4-9-15)16-10-5-2-6-11-16/h1-13,21-22H,14H2,(H2,26,29)(H,27,28)/t22-/m1/s1. The van der Waals surface area contributed by atoms with Gasteiger partial charge >= 0.3 is 0 Å². The largest absolute Gasteiger partial charge is 0.368 e. The highest BCUT2D eigenvalue weighted by atomic mass is 19.1. The van der Waals surface area contributed by atoms with Crippen molar-refractivity contribution in [1.29, 1.82) is 0 Å². The van der Waals surface area contributed by atoms with E-state index in [1.165, 1.54) is 6.07 Å². The Bertz CT molecular complexity index is 935. The first kappa shape index (κ1) is 20.2. The van der Waals surface area contributed by atoms with Gasteiger partial charge in [-0.15, -0.1) is 0 Å². The first-order valence-electron chi connectivity index (χ1n) is 9.09. The lowest BCUT2D eigenvalue weighted by Gasteiger charge is -2.27. The normalized spacial score (nSPS) is 11.8. The van der Waals surface area contributed by atoms with E-state index in [1.807, 2.05) is 60.7 Å². The van der Waals surface area contributed by atoms with Gasteiger partial charge in [-0.2, -0.15) is 0 Å². The van der Waals surface area contributed by atoms with Gasteiger partial charge in [0.05, 0.1) is 6.42 Å². The maximum atomic E-state index is 13.9. The van der Waals surface area contributed by atoms with Gasteiger partial charge in [0.1, 0.15) is 17.7 Å². The fourth-order valence-electron chi connectivity index (χ4n) is 3.30. The van der Waals surface area contributed by atoms with E-state index in [0.29, 0.717) is 0 Å². The van der Waals surface area contributed by atoms with Crippen molar-refractivity contribution < 1.29 is 18.4 Å².